The maximum atomic E-state index is 12.5. The molecule has 158 valence electrons. The first kappa shape index (κ1) is 20.0. The lowest BCUT2D eigenvalue weighted by Gasteiger charge is -2.07. The van der Waals surface area contributed by atoms with Crippen LogP contribution >= 0.6 is 22.9 Å². The van der Waals surface area contributed by atoms with E-state index in [2.05, 4.69) is 31.0 Å². The molecule has 5 aromatic rings. The molecule has 32 heavy (non-hydrogen) atoms. The minimum absolute atomic E-state index is 0.0345. The lowest BCUT2D eigenvalue weighted by Crippen LogP contribution is -2.11. The summed E-state index contributed by atoms with van der Waals surface area (Å²) in [4.78, 5) is 12.5. The number of nitrogens with zero attached hydrogens (tertiary/aromatic N) is 3. The number of halogens is 1. The van der Waals surface area contributed by atoms with Crippen molar-refractivity contribution in [2.75, 3.05) is 10.6 Å². The van der Waals surface area contributed by atoms with E-state index in [1.165, 1.54) is 23.5 Å². The van der Waals surface area contributed by atoms with Gasteiger partial charge in [0.05, 0.1) is 22.4 Å². The first-order chi connectivity index (χ1) is 15.6. The number of phenols is 1. The Morgan fingerprint density at radius 3 is 2.81 bits per heavy atom. The first-order valence-electron chi connectivity index (χ1n) is 9.50. The molecule has 0 aliphatic rings. The second-order valence-corrected chi connectivity index (χ2v) is 8.24. The van der Waals surface area contributed by atoms with Crippen LogP contribution in [0.15, 0.2) is 66.9 Å². The normalized spacial score (nSPS) is 10.9. The van der Waals surface area contributed by atoms with Crippen LogP contribution in [0.4, 0.5) is 16.5 Å². The summed E-state index contributed by atoms with van der Waals surface area (Å²) in [6.07, 6.45) is 1.67. The molecule has 0 aliphatic heterocycles. The standard InChI is InChI=1S/C22H15ClN6O2S/c23-19-16-11-24-27-17(16)7-8-18(19)26-22-29-28-21(32-22)13-4-1-5-14(9-13)25-20(31)12-3-2-6-15(30)10-12/h1-11,30H,(H,24,27)(H,25,31)(H,26,29). The van der Waals surface area contributed by atoms with Crippen LogP contribution < -0.4 is 10.6 Å². The molecular formula is C22H15ClN6O2S. The molecule has 4 N–H and O–H groups in total. The second-order valence-electron chi connectivity index (χ2n) is 6.88. The van der Waals surface area contributed by atoms with Crippen molar-refractivity contribution in [1.82, 2.24) is 20.4 Å². The summed E-state index contributed by atoms with van der Waals surface area (Å²) < 4.78 is 0. The van der Waals surface area contributed by atoms with Crippen LogP contribution in [0.5, 0.6) is 5.75 Å². The van der Waals surface area contributed by atoms with Gasteiger partial charge >= 0.3 is 0 Å². The number of carbonyl (C=O) groups excluding carboxylic acids is 1. The van der Waals surface area contributed by atoms with Gasteiger partial charge in [0.1, 0.15) is 10.8 Å². The Morgan fingerprint density at radius 2 is 1.94 bits per heavy atom. The predicted molar refractivity (Wildman–Crippen MR) is 126 cm³/mol. The monoisotopic (exact) mass is 462 g/mol. The van der Waals surface area contributed by atoms with Gasteiger partial charge in [-0.3, -0.25) is 9.89 Å². The zero-order chi connectivity index (χ0) is 22.1. The predicted octanol–water partition coefficient (Wildman–Crippen LogP) is 5.44. The maximum absolute atomic E-state index is 12.5. The van der Waals surface area contributed by atoms with Crippen LogP contribution in [0, 0.1) is 0 Å². The van der Waals surface area contributed by atoms with E-state index in [1.807, 2.05) is 30.3 Å². The van der Waals surface area contributed by atoms with Crippen molar-refractivity contribution in [2.24, 2.45) is 0 Å². The van der Waals surface area contributed by atoms with Crippen molar-refractivity contribution in [3.8, 4) is 16.3 Å². The SMILES string of the molecule is O=C(Nc1cccc(-c2nnc(Nc3ccc4[nH]ncc4c3Cl)s2)c1)c1cccc(O)c1. The van der Waals surface area contributed by atoms with Gasteiger partial charge in [-0.2, -0.15) is 5.10 Å². The summed E-state index contributed by atoms with van der Waals surface area (Å²) in [7, 11) is 0. The molecule has 0 aliphatic carbocycles. The molecule has 0 saturated carbocycles. The number of phenolic OH excluding ortho intramolecular Hbond substituents is 1. The van der Waals surface area contributed by atoms with Crippen LogP contribution in [0.1, 0.15) is 10.4 Å². The molecule has 0 spiro atoms. The van der Waals surface area contributed by atoms with Crippen molar-refractivity contribution >= 4 is 56.3 Å². The molecule has 3 aromatic carbocycles. The number of benzene rings is 3. The number of H-pyrrole nitrogens is 1. The van der Waals surface area contributed by atoms with E-state index in [0.717, 1.165) is 16.5 Å². The highest BCUT2D eigenvalue weighted by molar-refractivity contribution is 7.18. The molecule has 0 unspecified atom stereocenters. The number of anilines is 3. The Balaban J connectivity index is 1.35. The maximum Gasteiger partial charge on any atom is 0.255 e. The van der Waals surface area contributed by atoms with E-state index in [1.54, 1.807) is 24.4 Å². The zero-order valence-electron chi connectivity index (χ0n) is 16.3. The average Bonchev–Trinajstić information content (AvgIpc) is 3.46. The van der Waals surface area contributed by atoms with Crippen LogP contribution in [-0.4, -0.2) is 31.4 Å². The van der Waals surface area contributed by atoms with Gasteiger partial charge in [0.2, 0.25) is 5.13 Å². The topological polar surface area (TPSA) is 116 Å². The Kier molecular flexibility index (Phi) is 5.18. The number of aromatic amines is 1. The van der Waals surface area contributed by atoms with Crippen LogP contribution in [0.2, 0.25) is 5.02 Å². The van der Waals surface area contributed by atoms with Crippen molar-refractivity contribution in [3.05, 3.63) is 77.4 Å². The number of fused-ring (bicyclic) bond motifs is 1. The minimum atomic E-state index is -0.318. The molecule has 2 aromatic heterocycles. The fraction of sp³-hybridized carbons (Fsp3) is 0. The van der Waals surface area contributed by atoms with Crippen LogP contribution in [-0.2, 0) is 0 Å². The van der Waals surface area contributed by atoms with Gasteiger partial charge in [-0.05, 0) is 42.5 Å². The number of aromatic nitrogens is 4. The smallest absolute Gasteiger partial charge is 0.255 e. The summed E-state index contributed by atoms with van der Waals surface area (Å²) in [6, 6.07) is 17.2. The van der Waals surface area contributed by atoms with Crippen molar-refractivity contribution in [2.45, 2.75) is 0 Å². The molecule has 1 amide bonds. The molecule has 2 heterocycles. The lowest BCUT2D eigenvalue weighted by molar-refractivity contribution is 0.102. The number of nitrogens with one attached hydrogen (secondary N) is 3. The third-order valence-electron chi connectivity index (χ3n) is 4.70. The van der Waals surface area contributed by atoms with Gasteiger partial charge in [-0.25, -0.2) is 0 Å². The van der Waals surface area contributed by atoms with Gasteiger partial charge in [0.25, 0.3) is 5.91 Å². The van der Waals surface area contributed by atoms with E-state index >= 15 is 0 Å². The number of amides is 1. The third kappa shape index (κ3) is 3.98. The van der Waals surface area contributed by atoms with Gasteiger partial charge in [-0.15, -0.1) is 10.2 Å². The van der Waals surface area contributed by atoms with Gasteiger partial charge < -0.3 is 15.7 Å². The van der Waals surface area contributed by atoms with Crippen molar-refractivity contribution < 1.29 is 9.90 Å². The van der Waals surface area contributed by atoms with Gasteiger partial charge in [-0.1, -0.05) is 41.1 Å². The average molecular weight is 463 g/mol. The molecule has 0 atom stereocenters. The number of hydrogen-bond donors (Lipinski definition) is 4. The summed E-state index contributed by atoms with van der Waals surface area (Å²) >= 11 is 7.83. The Hall–Kier alpha value is -3.95. The summed E-state index contributed by atoms with van der Waals surface area (Å²) in [5, 5.41) is 33.6. The fourth-order valence-electron chi connectivity index (χ4n) is 3.17. The molecular weight excluding hydrogens is 448 g/mol. The summed E-state index contributed by atoms with van der Waals surface area (Å²) in [5.41, 5.74) is 3.33. The highest BCUT2D eigenvalue weighted by Gasteiger charge is 2.12. The number of aromatic hydroxyl groups is 1. The Bertz CT molecular complexity index is 1450. The molecule has 8 nitrogen and oxygen atoms in total. The second kappa shape index (κ2) is 8.29. The highest BCUT2D eigenvalue weighted by Crippen LogP contribution is 2.34. The van der Waals surface area contributed by atoms with E-state index in [4.69, 9.17) is 11.6 Å². The Labute approximate surface area is 190 Å². The highest BCUT2D eigenvalue weighted by atomic mass is 35.5. The zero-order valence-corrected chi connectivity index (χ0v) is 17.9. The molecule has 10 heteroatoms. The Morgan fingerprint density at radius 1 is 1.06 bits per heavy atom. The van der Waals surface area contributed by atoms with E-state index in [-0.39, 0.29) is 11.7 Å². The third-order valence-corrected chi connectivity index (χ3v) is 6.00. The first-order valence-corrected chi connectivity index (χ1v) is 10.7. The van der Waals surface area contributed by atoms with E-state index in [0.29, 0.717) is 32.1 Å². The van der Waals surface area contributed by atoms with E-state index < -0.39 is 0 Å². The minimum Gasteiger partial charge on any atom is -0.508 e. The number of rotatable bonds is 5. The van der Waals surface area contributed by atoms with Crippen LogP contribution in [0.3, 0.4) is 0 Å². The number of carbonyl (C=O) groups is 1. The lowest BCUT2D eigenvalue weighted by atomic mass is 10.1. The largest absolute Gasteiger partial charge is 0.508 e. The van der Waals surface area contributed by atoms with Crippen LogP contribution in [0.25, 0.3) is 21.5 Å². The molecule has 0 bridgehead atoms. The quantitative estimate of drug-likeness (QED) is 0.276. The molecule has 5 rings (SSSR count). The molecule has 0 saturated heterocycles. The van der Waals surface area contributed by atoms with Gasteiger partial charge in [0.15, 0.2) is 0 Å². The van der Waals surface area contributed by atoms with Gasteiger partial charge in [0, 0.05) is 22.2 Å². The van der Waals surface area contributed by atoms with Crippen molar-refractivity contribution in [3.63, 3.8) is 0 Å². The summed E-state index contributed by atoms with van der Waals surface area (Å²) in [5.74, 6) is -0.283. The van der Waals surface area contributed by atoms with E-state index in [9.17, 15) is 9.90 Å². The summed E-state index contributed by atoms with van der Waals surface area (Å²) in [6.45, 7) is 0. The molecule has 0 fully saturated rings. The fourth-order valence-corrected chi connectivity index (χ4v) is 4.18. The number of hydrogen-bond acceptors (Lipinski definition) is 7. The molecule has 0 radical (unpaired) electrons. The van der Waals surface area contributed by atoms with Crippen molar-refractivity contribution in [1.29, 1.82) is 0 Å².